The van der Waals surface area contributed by atoms with Crippen molar-refractivity contribution in [2.45, 2.75) is 85.0 Å². The minimum atomic E-state index is -0.324. The van der Waals surface area contributed by atoms with Crippen LogP contribution in [0.3, 0.4) is 0 Å². The molecule has 1 saturated heterocycles. The Morgan fingerprint density at radius 1 is 0.974 bits per heavy atom. The van der Waals surface area contributed by atoms with Crippen molar-refractivity contribution in [2.24, 2.45) is 27.6 Å². The number of ether oxygens (including phenoxy) is 1. The molecule has 0 aromatic heterocycles. The van der Waals surface area contributed by atoms with Crippen LogP contribution in [-0.2, 0) is 14.9 Å². The van der Waals surface area contributed by atoms with Gasteiger partial charge in [-0.2, -0.15) is 0 Å². The first kappa shape index (κ1) is 26.0. The quantitative estimate of drug-likeness (QED) is 0.525. The van der Waals surface area contributed by atoms with Crippen LogP contribution in [0.15, 0.2) is 17.7 Å². The number of nitrogens with zero attached hydrogens (tertiary/aromatic N) is 1. The van der Waals surface area contributed by atoms with E-state index in [0.29, 0.717) is 43.3 Å². The summed E-state index contributed by atoms with van der Waals surface area (Å²) in [6, 6.07) is 1.78. The number of aromatic hydroxyl groups is 2. The van der Waals surface area contributed by atoms with E-state index in [4.69, 9.17) is 4.74 Å². The summed E-state index contributed by atoms with van der Waals surface area (Å²) in [4.78, 5) is 16.0. The molecule has 6 atom stereocenters. The van der Waals surface area contributed by atoms with Crippen LogP contribution in [-0.4, -0.2) is 47.3 Å². The highest BCUT2D eigenvalue weighted by Gasteiger charge is 2.67. The van der Waals surface area contributed by atoms with Gasteiger partial charge in [0.05, 0.1) is 13.2 Å². The Kier molecular flexibility index (Phi) is 5.56. The zero-order chi connectivity index (χ0) is 27.3. The van der Waals surface area contributed by atoms with Gasteiger partial charge >= 0.3 is 0 Å². The molecule has 4 aliphatic carbocycles. The first-order chi connectivity index (χ1) is 17.8. The van der Waals surface area contributed by atoms with Crippen LogP contribution in [0.1, 0.15) is 85.1 Å². The van der Waals surface area contributed by atoms with E-state index in [9.17, 15) is 15.0 Å². The second-order valence-electron chi connectivity index (χ2n) is 14.4. The molecule has 1 aromatic rings. The van der Waals surface area contributed by atoms with E-state index < -0.39 is 0 Å². The summed E-state index contributed by atoms with van der Waals surface area (Å²) < 4.78 is 5.54. The summed E-state index contributed by atoms with van der Waals surface area (Å²) in [5.74, 6) is 0.592. The number of carbonyl (C=O) groups excluding carboxylic acids is 1. The minimum Gasteiger partial charge on any atom is -0.504 e. The van der Waals surface area contributed by atoms with E-state index in [-0.39, 0.29) is 38.6 Å². The Morgan fingerprint density at radius 3 is 2.37 bits per heavy atom. The average molecular weight is 520 g/mol. The number of carbonyl (C=O) groups is 1. The SMILES string of the molecule is C=c1c(O)c(O)cc2c1=CC=C1C2(C)CCC2(C)C3CC(C)(C(=O)N4CCOCC4)CCC3(C)CCC12C. The molecule has 5 heteroatoms. The second kappa shape index (κ2) is 8.13. The summed E-state index contributed by atoms with van der Waals surface area (Å²) in [5, 5.41) is 22.4. The van der Waals surface area contributed by atoms with Gasteiger partial charge in [-0.1, -0.05) is 58.9 Å². The highest BCUT2D eigenvalue weighted by molar-refractivity contribution is 5.82. The number of fused-ring (bicyclic) bond motifs is 7. The number of rotatable bonds is 1. The van der Waals surface area contributed by atoms with Crippen LogP contribution < -0.4 is 10.4 Å². The number of phenols is 2. The Morgan fingerprint density at radius 2 is 1.66 bits per heavy atom. The van der Waals surface area contributed by atoms with Crippen molar-refractivity contribution < 1.29 is 19.7 Å². The predicted octanol–water partition coefficient (Wildman–Crippen LogP) is 4.76. The molecule has 38 heavy (non-hydrogen) atoms. The molecule has 5 nitrogen and oxygen atoms in total. The normalized spacial score (nSPS) is 42.1. The minimum absolute atomic E-state index is 0.0204. The summed E-state index contributed by atoms with van der Waals surface area (Å²) >= 11 is 0. The number of morpholine rings is 1. The van der Waals surface area contributed by atoms with Crippen LogP contribution in [0.2, 0.25) is 0 Å². The second-order valence-corrected chi connectivity index (χ2v) is 14.4. The number of amides is 1. The van der Waals surface area contributed by atoms with Crippen molar-refractivity contribution in [3.63, 3.8) is 0 Å². The van der Waals surface area contributed by atoms with Crippen LogP contribution in [0, 0.1) is 27.6 Å². The van der Waals surface area contributed by atoms with E-state index in [2.05, 4.69) is 58.2 Å². The summed E-state index contributed by atoms with van der Waals surface area (Å²) in [6.07, 6.45) is 11.8. The molecule has 0 spiro atoms. The lowest BCUT2D eigenvalue weighted by Crippen LogP contribution is -2.63. The molecule has 0 bridgehead atoms. The van der Waals surface area contributed by atoms with Crippen LogP contribution >= 0.6 is 0 Å². The van der Waals surface area contributed by atoms with Gasteiger partial charge in [-0.05, 0) is 84.0 Å². The third-order valence-electron chi connectivity index (χ3n) is 12.6. The van der Waals surface area contributed by atoms with Crippen molar-refractivity contribution in [2.75, 3.05) is 26.3 Å². The Hall–Kier alpha value is -2.27. The van der Waals surface area contributed by atoms with Gasteiger partial charge in [-0.3, -0.25) is 4.79 Å². The lowest BCUT2D eigenvalue weighted by molar-refractivity contribution is -0.175. The Labute approximate surface area is 227 Å². The predicted molar refractivity (Wildman–Crippen MR) is 150 cm³/mol. The van der Waals surface area contributed by atoms with Crippen LogP contribution in [0.4, 0.5) is 0 Å². The van der Waals surface area contributed by atoms with E-state index in [0.717, 1.165) is 49.3 Å². The van der Waals surface area contributed by atoms with Gasteiger partial charge in [0.15, 0.2) is 11.5 Å². The van der Waals surface area contributed by atoms with Crippen LogP contribution in [0.5, 0.6) is 11.5 Å². The fourth-order valence-corrected chi connectivity index (χ4v) is 9.71. The molecule has 206 valence electrons. The number of allylic oxidation sites excluding steroid dienone is 2. The number of hydrogen-bond donors (Lipinski definition) is 2. The van der Waals surface area contributed by atoms with Crippen molar-refractivity contribution in [3.05, 3.63) is 33.7 Å². The first-order valence-electron chi connectivity index (χ1n) is 14.6. The van der Waals surface area contributed by atoms with E-state index in [1.54, 1.807) is 6.07 Å². The summed E-state index contributed by atoms with van der Waals surface area (Å²) in [5.41, 5.74) is 2.28. The standard InChI is InChI=1S/C33H45NO4/c1-21-22-7-8-25-31(4,23(22)19-24(35)27(21)36)12-14-33(6)26-20-30(3,28(37)34-15-17-38-18-16-34)10-9-29(26,2)11-13-32(25,33)5/h7-8,19,26,35-36H,1,9-18,20H2,2-6H3. The Balaban J connectivity index is 1.42. The van der Waals surface area contributed by atoms with Gasteiger partial charge in [-0.15, -0.1) is 0 Å². The first-order valence-corrected chi connectivity index (χ1v) is 14.6. The lowest BCUT2D eigenvalue weighted by Gasteiger charge is -2.69. The van der Waals surface area contributed by atoms with Gasteiger partial charge < -0.3 is 19.8 Å². The third kappa shape index (κ3) is 3.23. The maximum atomic E-state index is 13.9. The number of phenolic OH excluding ortho intramolecular Hbond substituents is 2. The van der Waals surface area contributed by atoms with E-state index in [1.165, 1.54) is 12.0 Å². The van der Waals surface area contributed by atoms with Gasteiger partial charge in [0.1, 0.15) is 0 Å². The molecule has 6 rings (SSSR count). The fraction of sp³-hybridized carbons (Fsp3) is 0.667. The highest BCUT2D eigenvalue weighted by atomic mass is 16.5. The average Bonchev–Trinajstić information content (AvgIpc) is 2.90. The zero-order valence-electron chi connectivity index (χ0n) is 24.0. The largest absolute Gasteiger partial charge is 0.504 e. The molecule has 1 heterocycles. The van der Waals surface area contributed by atoms with Crippen molar-refractivity contribution >= 4 is 18.6 Å². The summed E-state index contributed by atoms with van der Waals surface area (Å²) in [6.45, 7) is 18.9. The smallest absolute Gasteiger partial charge is 0.228 e. The van der Waals surface area contributed by atoms with Crippen molar-refractivity contribution in [1.29, 1.82) is 0 Å². The highest BCUT2D eigenvalue weighted by Crippen LogP contribution is 2.74. The van der Waals surface area contributed by atoms with Gasteiger partial charge in [0.25, 0.3) is 0 Å². The number of benzene rings is 1. The molecular formula is C33H45NO4. The van der Waals surface area contributed by atoms with E-state index >= 15 is 0 Å². The van der Waals surface area contributed by atoms with Crippen molar-refractivity contribution in [1.82, 2.24) is 4.90 Å². The Bertz CT molecular complexity index is 1340. The monoisotopic (exact) mass is 519 g/mol. The molecule has 2 N–H and O–H groups in total. The zero-order valence-corrected chi connectivity index (χ0v) is 24.0. The number of hydrogen-bond acceptors (Lipinski definition) is 4. The van der Waals surface area contributed by atoms with Crippen LogP contribution in [0.25, 0.3) is 12.7 Å². The van der Waals surface area contributed by atoms with Crippen molar-refractivity contribution in [3.8, 4) is 11.5 Å². The lowest BCUT2D eigenvalue weighted by atomic mass is 9.34. The topological polar surface area (TPSA) is 70.0 Å². The fourth-order valence-electron chi connectivity index (χ4n) is 9.71. The van der Waals surface area contributed by atoms with Gasteiger partial charge in [0.2, 0.25) is 5.91 Å². The molecule has 1 aliphatic heterocycles. The van der Waals surface area contributed by atoms with Gasteiger partial charge in [0, 0.05) is 29.1 Å². The third-order valence-corrected chi connectivity index (χ3v) is 12.6. The van der Waals surface area contributed by atoms with Gasteiger partial charge in [-0.25, -0.2) is 0 Å². The molecule has 1 aromatic carbocycles. The molecule has 1 amide bonds. The summed E-state index contributed by atoms with van der Waals surface area (Å²) in [7, 11) is 0. The molecule has 0 radical (unpaired) electrons. The molecular weight excluding hydrogens is 474 g/mol. The maximum Gasteiger partial charge on any atom is 0.228 e. The van der Waals surface area contributed by atoms with E-state index in [1.807, 2.05) is 0 Å². The molecule has 3 saturated carbocycles. The maximum absolute atomic E-state index is 13.9. The molecule has 6 unspecified atom stereocenters. The molecule has 4 fully saturated rings. The molecule has 5 aliphatic rings.